The van der Waals surface area contributed by atoms with Crippen LogP contribution >= 0.6 is 0 Å². The molecule has 0 saturated carbocycles. The molecule has 0 radical (unpaired) electrons. The summed E-state index contributed by atoms with van der Waals surface area (Å²) in [5.74, 6) is 0.609. The van der Waals surface area contributed by atoms with E-state index in [1.54, 1.807) is 7.05 Å². The molecule has 0 aliphatic rings. The van der Waals surface area contributed by atoms with Gasteiger partial charge in [0.05, 0.1) is 0 Å². The maximum Gasteiger partial charge on any atom is 0.125 e. The smallest absolute Gasteiger partial charge is 0.125 e. The Hall–Kier alpha value is -1.31. The Balaban J connectivity index is 2.45. The molecule has 2 heteroatoms. The first kappa shape index (κ1) is 12.8. The lowest BCUT2D eigenvalue weighted by Gasteiger charge is -2.03. The van der Waals surface area contributed by atoms with Crippen molar-refractivity contribution < 1.29 is 0 Å². The molecule has 0 aromatic heterocycles. The second-order valence-corrected chi connectivity index (χ2v) is 4.12. The average molecular weight is 218 g/mol. The molecule has 2 N–H and O–H groups in total. The lowest BCUT2D eigenvalue weighted by molar-refractivity contribution is 0.667. The molecule has 0 atom stereocenters. The minimum atomic E-state index is 0.609. The molecule has 0 amide bonds. The van der Waals surface area contributed by atoms with Crippen LogP contribution in [0.4, 0.5) is 0 Å². The second-order valence-electron chi connectivity index (χ2n) is 4.12. The Kier molecular flexibility index (Phi) is 5.62. The number of amidine groups is 1. The zero-order valence-corrected chi connectivity index (χ0v) is 10.4. The maximum atomic E-state index is 5.73. The van der Waals surface area contributed by atoms with Crippen molar-refractivity contribution in [2.45, 2.75) is 39.0 Å². The summed E-state index contributed by atoms with van der Waals surface area (Å²) in [6, 6.07) is 8.41. The van der Waals surface area contributed by atoms with Gasteiger partial charge in [0.2, 0.25) is 0 Å². The predicted molar refractivity (Wildman–Crippen MR) is 70.9 cm³/mol. The Morgan fingerprint density at radius 2 is 1.81 bits per heavy atom. The molecule has 1 aromatic carbocycles. The van der Waals surface area contributed by atoms with Crippen molar-refractivity contribution >= 4 is 5.84 Å². The number of nitrogens with two attached hydrogens (primary N) is 1. The number of unbranched alkanes of at least 4 members (excludes halogenated alkanes) is 3. The highest BCUT2D eigenvalue weighted by Crippen LogP contribution is 2.09. The van der Waals surface area contributed by atoms with Gasteiger partial charge in [-0.3, -0.25) is 4.99 Å². The van der Waals surface area contributed by atoms with Crippen molar-refractivity contribution in [3.63, 3.8) is 0 Å². The summed E-state index contributed by atoms with van der Waals surface area (Å²) in [6.45, 7) is 2.24. The molecule has 1 aromatic rings. The highest BCUT2D eigenvalue weighted by molar-refractivity contribution is 5.97. The molecular weight excluding hydrogens is 196 g/mol. The molecule has 0 heterocycles. The lowest BCUT2D eigenvalue weighted by atomic mass is 10.0. The van der Waals surface area contributed by atoms with E-state index in [9.17, 15) is 0 Å². The van der Waals surface area contributed by atoms with Gasteiger partial charge in [-0.1, -0.05) is 50.5 Å². The summed E-state index contributed by atoms with van der Waals surface area (Å²) in [5, 5.41) is 0. The topological polar surface area (TPSA) is 38.4 Å². The average Bonchev–Trinajstić information content (AvgIpc) is 2.34. The highest BCUT2D eigenvalue weighted by atomic mass is 14.8. The minimum absolute atomic E-state index is 0.609. The number of benzene rings is 1. The normalized spacial score (nSPS) is 11.8. The number of hydrogen-bond acceptors (Lipinski definition) is 1. The molecule has 1 rings (SSSR count). The number of aliphatic imine (C=N–C) groups is 1. The zero-order chi connectivity index (χ0) is 11.8. The molecule has 0 aliphatic heterocycles. The Morgan fingerprint density at radius 3 is 2.38 bits per heavy atom. The molecule has 0 aliphatic carbocycles. The largest absolute Gasteiger partial charge is 0.384 e. The van der Waals surface area contributed by atoms with Gasteiger partial charge in [-0.2, -0.15) is 0 Å². The van der Waals surface area contributed by atoms with Gasteiger partial charge in [-0.15, -0.1) is 0 Å². The van der Waals surface area contributed by atoms with E-state index in [0.717, 1.165) is 5.56 Å². The van der Waals surface area contributed by atoms with Crippen molar-refractivity contribution in [3.8, 4) is 0 Å². The first-order valence-electron chi connectivity index (χ1n) is 6.09. The van der Waals surface area contributed by atoms with E-state index in [1.807, 2.05) is 0 Å². The third-order valence-corrected chi connectivity index (χ3v) is 2.81. The van der Waals surface area contributed by atoms with Crippen molar-refractivity contribution in [1.82, 2.24) is 0 Å². The number of hydrogen-bond donors (Lipinski definition) is 1. The molecule has 0 fully saturated rings. The summed E-state index contributed by atoms with van der Waals surface area (Å²) in [5.41, 5.74) is 8.14. The molecule has 0 bridgehead atoms. The molecule has 2 nitrogen and oxygen atoms in total. The summed E-state index contributed by atoms with van der Waals surface area (Å²) in [7, 11) is 1.72. The summed E-state index contributed by atoms with van der Waals surface area (Å²) >= 11 is 0. The molecule has 0 saturated heterocycles. The first-order chi connectivity index (χ1) is 7.77. The first-order valence-corrected chi connectivity index (χ1v) is 6.09. The molecule has 88 valence electrons. The zero-order valence-electron chi connectivity index (χ0n) is 10.4. The van der Waals surface area contributed by atoms with Crippen molar-refractivity contribution in [3.05, 3.63) is 35.4 Å². The van der Waals surface area contributed by atoms with E-state index in [2.05, 4.69) is 36.2 Å². The molecule has 16 heavy (non-hydrogen) atoms. The van der Waals surface area contributed by atoms with Gasteiger partial charge in [0.15, 0.2) is 0 Å². The van der Waals surface area contributed by atoms with Crippen molar-refractivity contribution in [1.29, 1.82) is 0 Å². The predicted octanol–water partition coefficient (Wildman–Crippen LogP) is 3.14. The van der Waals surface area contributed by atoms with Crippen molar-refractivity contribution in [2.75, 3.05) is 7.05 Å². The Bertz CT molecular complexity index is 325. The van der Waals surface area contributed by atoms with Crippen LogP contribution in [0, 0.1) is 0 Å². The summed E-state index contributed by atoms with van der Waals surface area (Å²) in [6.07, 6.45) is 6.42. The number of rotatable bonds is 6. The Morgan fingerprint density at radius 1 is 1.12 bits per heavy atom. The van der Waals surface area contributed by atoms with Crippen LogP contribution in [0.3, 0.4) is 0 Å². The highest BCUT2D eigenvalue weighted by Gasteiger charge is 1.97. The maximum absolute atomic E-state index is 5.73. The second kappa shape index (κ2) is 7.04. The minimum Gasteiger partial charge on any atom is -0.384 e. The molecule has 0 spiro atoms. The van der Waals surface area contributed by atoms with Crippen LogP contribution in [0.2, 0.25) is 0 Å². The fraction of sp³-hybridized carbons (Fsp3) is 0.500. The molecular formula is C14H22N2. The summed E-state index contributed by atoms with van der Waals surface area (Å²) in [4.78, 5) is 3.97. The van der Waals surface area contributed by atoms with Gasteiger partial charge in [-0.05, 0) is 18.4 Å². The van der Waals surface area contributed by atoms with E-state index in [0.29, 0.717) is 5.84 Å². The van der Waals surface area contributed by atoms with Gasteiger partial charge in [-0.25, -0.2) is 0 Å². The van der Waals surface area contributed by atoms with E-state index in [-0.39, 0.29) is 0 Å². The van der Waals surface area contributed by atoms with Crippen LogP contribution < -0.4 is 5.73 Å². The third-order valence-electron chi connectivity index (χ3n) is 2.81. The SMILES string of the molecule is CCCCCCc1ccc(C(N)=NC)cc1. The molecule has 0 unspecified atom stereocenters. The van der Waals surface area contributed by atoms with E-state index < -0.39 is 0 Å². The van der Waals surface area contributed by atoms with Crippen molar-refractivity contribution in [2.24, 2.45) is 10.7 Å². The van der Waals surface area contributed by atoms with Gasteiger partial charge in [0.1, 0.15) is 5.84 Å². The van der Waals surface area contributed by atoms with E-state index in [4.69, 9.17) is 5.73 Å². The van der Waals surface area contributed by atoms with E-state index >= 15 is 0 Å². The lowest BCUT2D eigenvalue weighted by Crippen LogP contribution is -2.12. The van der Waals surface area contributed by atoms with Gasteiger partial charge in [0.25, 0.3) is 0 Å². The van der Waals surface area contributed by atoms with Crippen LogP contribution in [-0.2, 0) is 6.42 Å². The standard InChI is InChI=1S/C14H22N2/c1-3-4-5-6-7-12-8-10-13(11-9-12)14(15)16-2/h8-11H,3-7H2,1-2H3,(H2,15,16). The van der Waals surface area contributed by atoms with Crippen LogP contribution in [0.15, 0.2) is 29.3 Å². The van der Waals surface area contributed by atoms with Crippen LogP contribution in [0.5, 0.6) is 0 Å². The van der Waals surface area contributed by atoms with Crippen LogP contribution in [-0.4, -0.2) is 12.9 Å². The van der Waals surface area contributed by atoms with Gasteiger partial charge >= 0.3 is 0 Å². The van der Waals surface area contributed by atoms with E-state index in [1.165, 1.54) is 37.7 Å². The third kappa shape index (κ3) is 4.05. The summed E-state index contributed by atoms with van der Waals surface area (Å²) < 4.78 is 0. The fourth-order valence-corrected chi connectivity index (χ4v) is 1.73. The van der Waals surface area contributed by atoms with Gasteiger partial charge < -0.3 is 5.73 Å². The number of aryl methyl sites for hydroxylation is 1. The Labute approximate surface area is 98.6 Å². The van der Waals surface area contributed by atoms with Gasteiger partial charge in [0, 0.05) is 12.6 Å². The quantitative estimate of drug-likeness (QED) is 0.444. The monoisotopic (exact) mass is 218 g/mol. The number of nitrogens with zero attached hydrogens (tertiary/aromatic N) is 1. The van der Waals surface area contributed by atoms with Crippen LogP contribution in [0.25, 0.3) is 0 Å². The van der Waals surface area contributed by atoms with Crippen LogP contribution in [0.1, 0.15) is 43.7 Å². The fourth-order valence-electron chi connectivity index (χ4n) is 1.73.